The summed E-state index contributed by atoms with van der Waals surface area (Å²) in [7, 11) is 0. The summed E-state index contributed by atoms with van der Waals surface area (Å²) in [5.41, 5.74) is 1.41. The molecule has 0 saturated carbocycles. The van der Waals surface area contributed by atoms with Gasteiger partial charge in [0.2, 0.25) is 0 Å². The maximum atomic E-state index is 12.8. The minimum absolute atomic E-state index is 0.570. The standard InChI is InChI=1S/C18H12F3N3/c1-10-13-3-2-4-15-16(13)14(9-22-15)17(24-23-10)11-5-7-12(8-6-11)18(19,20)21/h2-9,22-23H,1H2. The van der Waals surface area contributed by atoms with E-state index in [0.717, 1.165) is 33.8 Å². The van der Waals surface area contributed by atoms with E-state index in [9.17, 15) is 13.2 Å². The smallest absolute Gasteiger partial charge is 0.360 e. The summed E-state index contributed by atoms with van der Waals surface area (Å²) < 4.78 is 38.3. The van der Waals surface area contributed by atoms with Crippen molar-refractivity contribution < 1.29 is 13.2 Å². The summed E-state index contributed by atoms with van der Waals surface area (Å²) in [6.07, 6.45) is -2.55. The number of rotatable bonds is 1. The molecule has 2 N–H and O–H groups in total. The van der Waals surface area contributed by atoms with Crippen LogP contribution in [0.3, 0.4) is 0 Å². The lowest BCUT2D eigenvalue weighted by Gasteiger charge is -2.07. The fourth-order valence-corrected chi connectivity index (χ4v) is 2.90. The molecule has 0 fully saturated rings. The zero-order chi connectivity index (χ0) is 16.9. The molecule has 4 aromatic rings. The van der Waals surface area contributed by atoms with Crippen LogP contribution in [0.25, 0.3) is 39.5 Å². The molecule has 0 bridgehead atoms. The Bertz CT molecular complexity index is 1100. The predicted octanol–water partition coefficient (Wildman–Crippen LogP) is 4.42. The van der Waals surface area contributed by atoms with Crippen LogP contribution in [-0.4, -0.2) is 15.2 Å². The molecule has 4 rings (SSSR count). The second kappa shape index (κ2) is 4.99. The van der Waals surface area contributed by atoms with Gasteiger partial charge in [-0.2, -0.15) is 18.3 Å². The second-order valence-corrected chi connectivity index (χ2v) is 5.56. The highest BCUT2D eigenvalue weighted by molar-refractivity contribution is 6.12. The minimum Gasteiger partial charge on any atom is -0.360 e. The zero-order valence-corrected chi connectivity index (χ0v) is 12.4. The van der Waals surface area contributed by atoms with Crippen molar-refractivity contribution in [3.63, 3.8) is 0 Å². The number of benzene rings is 2. The van der Waals surface area contributed by atoms with Crippen molar-refractivity contribution in [3.8, 4) is 11.3 Å². The minimum atomic E-state index is -4.36. The molecule has 2 heterocycles. The Hall–Kier alpha value is -3.02. The van der Waals surface area contributed by atoms with Crippen LogP contribution in [0, 0.1) is 0 Å². The maximum absolute atomic E-state index is 12.8. The van der Waals surface area contributed by atoms with Crippen LogP contribution in [0.4, 0.5) is 13.2 Å². The van der Waals surface area contributed by atoms with E-state index >= 15 is 0 Å². The number of nitrogens with one attached hydrogen (secondary N) is 2. The number of aromatic amines is 2. The number of nitrogens with zero attached hydrogens (tertiary/aromatic N) is 1. The largest absolute Gasteiger partial charge is 0.416 e. The molecule has 0 radical (unpaired) electrons. The van der Waals surface area contributed by atoms with Gasteiger partial charge < -0.3 is 4.98 Å². The van der Waals surface area contributed by atoms with Crippen LogP contribution in [0.5, 0.6) is 0 Å². The number of alkyl halides is 3. The molecular weight excluding hydrogens is 315 g/mol. The van der Waals surface area contributed by atoms with Crippen LogP contribution in [0.15, 0.2) is 48.7 Å². The first-order chi connectivity index (χ1) is 11.4. The number of hydrogen-bond acceptors (Lipinski definition) is 1. The van der Waals surface area contributed by atoms with Gasteiger partial charge in [-0.15, -0.1) is 0 Å². The Balaban J connectivity index is 2.01. The summed E-state index contributed by atoms with van der Waals surface area (Å²) in [6, 6.07) is 10.8. The molecule has 0 aliphatic rings. The van der Waals surface area contributed by atoms with Crippen molar-refractivity contribution in [2.45, 2.75) is 6.18 Å². The molecule has 2 aromatic carbocycles. The topological polar surface area (TPSA) is 44.5 Å². The van der Waals surface area contributed by atoms with Crippen molar-refractivity contribution in [2.24, 2.45) is 0 Å². The molecule has 0 amide bonds. The Kier molecular flexibility index (Phi) is 3.03. The Morgan fingerprint density at radius 3 is 2.42 bits per heavy atom. The molecule has 0 saturated heterocycles. The molecule has 0 aliphatic carbocycles. The van der Waals surface area contributed by atoms with Gasteiger partial charge >= 0.3 is 6.18 Å². The predicted molar refractivity (Wildman–Crippen MR) is 87.9 cm³/mol. The molecule has 3 nitrogen and oxygen atoms in total. The summed E-state index contributed by atoms with van der Waals surface area (Å²) in [4.78, 5) is 3.17. The Morgan fingerprint density at radius 1 is 0.958 bits per heavy atom. The van der Waals surface area contributed by atoms with Crippen LogP contribution < -0.4 is 5.35 Å². The zero-order valence-electron chi connectivity index (χ0n) is 12.4. The van der Waals surface area contributed by atoms with Crippen molar-refractivity contribution in [1.29, 1.82) is 0 Å². The number of aromatic nitrogens is 3. The lowest BCUT2D eigenvalue weighted by atomic mass is 10.0. The lowest BCUT2D eigenvalue weighted by molar-refractivity contribution is -0.137. The summed E-state index contributed by atoms with van der Waals surface area (Å²) in [6.45, 7) is 3.97. The molecule has 0 spiro atoms. The average molecular weight is 327 g/mol. The van der Waals surface area contributed by atoms with E-state index in [0.29, 0.717) is 16.6 Å². The number of halogens is 3. The van der Waals surface area contributed by atoms with E-state index in [1.54, 1.807) is 0 Å². The fraction of sp³-hybridized carbons (Fsp3) is 0.0556. The van der Waals surface area contributed by atoms with Crippen molar-refractivity contribution in [1.82, 2.24) is 15.2 Å². The van der Waals surface area contributed by atoms with Crippen molar-refractivity contribution in [2.75, 3.05) is 0 Å². The van der Waals surface area contributed by atoms with Crippen molar-refractivity contribution in [3.05, 3.63) is 59.6 Å². The summed E-state index contributed by atoms with van der Waals surface area (Å²) in [5, 5.41) is 10.6. The van der Waals surface area contributed by atoms with E-state index in [-0.39, 0.29) is 0 Å². The second-order valence-electron chi connectivity index (χ2n) is 5.56. The van der Waals surface area contributed by atoms with Crippen molar-refractivity contribution >= 4 is 28.3 Å². The molecule has 0 aliphatic heterocycles. The van der Waals surface area contributed by atoms with Crippen LogP contribution >= 0.6 is 0 Å². The van der Waals surface area contributed by atoms with E-state index in [4.69, 9.17) is 0 Å². The molecule has 120 valence electrons. The van der Waals surface area contributed by atoms with Gasteiger partial charge in [-0.3, -0.25) is 5.10 Å². The molecular formula is C18H12F3N3. The maximum Gasteiger partial charge on any atom is 0.416 e. The first-order valence-corrected chi connectivity index (χ1v) is 7.26. The molecule has 2 aromatic heterocycles. The van der Waals surface area contributed by atoms with Gasteiger partial charge in [0.05, 0.1) is 16.6 Å². The van der Waals surface area contributed by atoms with Gasteiger partial charge in [0.1, 0.15) is 0 Å². The highest BCUT2D eigenvalue weighted by Gasteiger charge is 2.30. The van der Waals surface area contributed by atoms with Crippen LogP contribution in [-0.2, 0) is 6.18 Å². The summed E-state index contributed by atoms with van der Waals surface area (Å²) in [5.74, 6) is 0. The van der Waals surface area contributed by atoms with E-state index in [1.807, 2.05) is 24.4 Å². The Labute approximate surface area is 134 Å². The third-order valence-corrected chi connectivity index (χ3v) is 4.07. The monoisotopic (exact) mass is 327 g/mol. The third kappa shape index (κ3) is 2.19. The van der Waals surface area contributed by atoms with Crippen LogP contribution in [0.2, 0.25) is 0 Å². The molecule has 6 heteroatoms. The van der Waals surface area contributed by atoms with Gasteiger partial charge in [-0.05, 0) is 18.2 Å². The highest BCUT2D eigenvalue weighted by atomic mass is 19.4. The first-order valence-electron chi connectivity index (χ1n) is 7.26. The van der Waals surface area contributed by atoms with Gasteiger partial charge in [-0.1, -0.05) is 30.8 Å². The van der Waals surface area contributed by atoms with E-state index in [2.05, 4.69) is 21.8 Å². The number of hydrogen-bond donors (Lipinski definition) is 2. The van der Waals surface area contributed by atoms with Gasteiger partial charge in [0, 0.05) is 33.4 Å². The SMILES string of the molecule is C=c1[nH]nc(-c2ccc(C(F)(F)F)cc2)c2c[nH]c3cccc1c32. The van der Waals surface area contributed by atoms with Crippen LogP contribution in [0.1, 0.15) is 5.56 Å². The third-order valence-electron chi connectivity index (χ3n) is 4.07. The molecule has 24 heavy (non-hydrogen) atoms. The van der Waals surface area contributed by atoms with E-state index in [1.165, 1.54) is 12.1 Å². The summed E-state index contributed by atoms with van der Waals surface area (Å²) >= 11 is 0. The number of H-pyrrole nitrogens is 2. The van der Waals surface area contributed by atoms with Gasteiger partial charge in [0.25, 0.3) is 0 Å². The normalized spacial score (nSPS) is 12.1. The average Bonchev–Trinajstić information content (AvgIpc) is 2.92. The van der Waals surface area contributed by atoms with Gasteiger partial charge in [0.15, 0.2) is 0 Å². The first kappa shape index (κ1) is 14.6. The van der Waals surface area contributed by atoms with Gasteiger partial charge in [-0.25, -0.2) is 0 Å². The Morgan fingerprint density at radius 2 is 1.71 bits per heavy atom. The lowest BCUT2D eigenvalue weighted by Crippen LogP contribution is -2.04. The molecule has 0 atom stereocenters. The fourth-order valence-electron chi connectivity index (χ4n) is 2.90. The molecule has 0 unspecified atom stereocenters. The quantitative estimate of drug-likeness (QED) is 0.534. The van der Waals surface area contributed by atoms with E-state index < -0.39 is 11.7 Å². The highest BCUT2D eigenvalue weighted by Crippen LogP contribution is 2.33.